The number of piperidine rings is 1. The number of benzene rings is 1. The molecule has 5 rings (SSSR count). The van der Waals surface area contributed by atoms with Crippen LogP contribution >= 0.6 is 11.6 Å². The summed E-state index contributed by atoms with van der Waals surface area (Å²) in [5.74, 6) is 0.680. The van der Waals surface area contributed by atoms with E-state index in [1.54, 1.807) is 15.5 Å². The Labute approximate surface area is 222 Å². The second kappa shape index (κ2) is 10.1. The van der Waals surface area contributed by atoms with Crippen LogP contribution in [0.5, 0.6) is 0 Å². The van der Waals surface area contributed by atoms with E-state index in [1.165, 1.54) is 12.1 Å². The van der Waals surface area contributed by atoms with Crippen molar-refractivity contribution in [2.75, 3.05) is 42.6 Å². The van der Waals surface area contributed by atoms with E-state index in [1.807, 2.05) is 26.2 Å². The van der Waals surface area contributed by atoms with Gasteiger partial charge in [-0.2, -0.15) is 5.10 Å². The van der Waals surface area contributed by atoms with E-state index < -0.39 is 10.0 Å². The molecule has 4 heterocycles. The molecule has 37 heavy (non-hydrogen) atoms. The van der Waals surface area contributed by atoms with Gasteiger partial charge in [-0.1, -0.05) is 11.6 Å². The minimum atomic E-state index is -3.58. The molecule has 0 spiro atoms. The van der Waals surface area contributed by atoms with Gasteiger partial charge in [0.1, 0.15) is 5.82 Å². The van der Waals surface area contributed by atoms with Crippen molar-refractivity contribution in [3.8, 4) is 0 Å². The predicted octanol–water partition coefficient (Wildman–Crippen LogP) is 3.23. The number of nitrogens with one attached hydrogen (secondary N) is 2. The van der Waals surface area contributed by atoms with Crippen LogP contribution in [0.15, 0.2) is 30.5 Å². The van der Waals surface area contributed by atoms with Gasteiger partial charge in [0.05, 0.1) is 29.2 Å². The molecule has 2 N–H and O–H groups in total. The lowest BCUT2D eigenvalue weighted by atomic mass is 9.98. The Morgan fingerprint density at radius 3 is 2.70 bits per heavy atom. The number of amides is 1. The number of likely N-dealkylation sites (N-methyl/N-ethyl adjacent to an activating group) is 1. The number of sulfonamides is 1. The van der Waals surface area contributed by atoms with E-state index in [0.29, 0.717) is 17.6 Å². The minimum Gasteiger partial charge on any atom is -0.355 e. The third-order valence-corrected chi connectivity index (χ3v) is 7.96. The van der Waals surface area contributed by atoms with E-state index in [-0.39, 0.29) is 23.2 Å². The van der Waals surface area contributed by atoms with Crippen LogP contribution in [0.4, 0.5) is 11.5 Å². The van der Waals surface area contributed by atoms with Crippen LogP contribution in [0, 0.1) is 6.92 Å². The van der Waals surface area contributed by atoms with Crippen molar-refractivity contribution in [3.63, 3.8) is 0 Å². The van der Waals surface area contributed by atoms with Gasteiger partial charge in [-0.3, -0.25) is 9.52 Å². The Hall–Kier alpha value is -2.89. The second-order valence-electron chi connectivity index (χ2n) is 9.91. The molecule has 0 aliphatic carbocycles. The zero-order valence-electron chi connectivity index (χ0n) is 21.2. The Bertz CT molecular complexity index is 1440. The van der Waals surface area contributed by atoms with Crippen LogP contribution in [-0.2, 0) is 10.0 Å². The lowest BCUT2D eigenvalue weighted by Crippen LogP contribution is -2.39. The third kappa shape index (κ3) is 5.39. The first-order valence-electron chi connectivity index (χ1n) is 12.5. The Balaban J connectivity index is 1.47. The summed E-state index contributed by atoms with van der Waals surface area (Å²) in [6, 6.07) is 6.75. The third-order valence-electron chi connectivity index (χ3n) is 7.13. The van der Waals surface area contributed by atoms with E-state index in [0.717, 1.165) is 67.8 Å². The summed E-state index contributed by atoms with van der Waals surface area (Å²) >= 11 is 6.20. The SMILES string of the molecule is CN[C@H]1CCN(c2nc3cc([C@@H]4CCCCN4C(=O)c4cc(Cl)ccc4NS(C)(=O)=O)nn3cc2C)C1. The number of carbonyl (C=O) groups is 1. The molecule has 3 aromatic rings. The van der Waals surface area contributed by atoms with Crippen LogP contribution in [-0.4, -0.2) is 72.8 Å². The number of halogens is 1. The number of hydrogen-bond donors (Lipinski definition) is 2. The highest BCUT2D eigenvalue weighted by atomic mass is 35.5. The smallest absolute Gasteiger partial charge is 0.256 e. The predicted molar refractivity (Wildman–Crippen MR) is 145 cm³/mol. The van der Waals surface area contributed by atoms with E-state index in [4.69, 9.17) is 21.7 Å². The van der Waals surface area contributed by atoms with Crippen molar-refractivity contribution >= 4 is 44.7 Å². The van der Waals surface area contributed by atoms with Gasteiger partial charge in [-0.05, 0) is 57.9 Å². The number of carbonyl (C=O) groups excluding carboxylic acids is 1. The highest BCUT2D eigenvalue weighted by molar-refractivity contribution is 7.92. The van der Waals surface area contributed by atoms with Crippen LogP contribution in [0.2, 0.25) is 5.02 Å². The lowest BCUT2D eigenvalue weighted by Gasteiger charge is -2.35. The molecule has 2 aliphatic rings. The molecule has 2 aliphatic heterocycles. The molecule has 198 valence electrons. The maximum absolute atomic E-state index is 13.8. The van der Waals surface area contributed by atoms with Crippen molar-refractivity contribution < 1.29 is 13.2 Å². The van der Waals surface area contributed by atoms with Gasteiger partial charge >= 0.3 is 0 Å². The van der Waals surface area contributed by atoms with Crippen molar-refractivity contribution in [1.29, 1.82) is 0 Å². The number of aryl methyl sites for hydroxylation is 1. The minimum absolute atomic E-state index is 0.212. The van der Waals surface area contributed by atoms with Crippen molar-refractivity contribution in [3.05, 3.63) is 52.3 Å². The average Bonchev–Trinajstić information content (AvgIpc) is 3.50. The number of fused-ring (bicyclic) bond motifs is 1. The van der Waals surface area contributed by atoms with Crippen LogP contribution < -0.4 is 14.9 Å². The van der Waals surface area contributed by atoms with Gasteiger partial charge in [-0.25, -0.2) is 17.9 Å². The van der Waals surface area contributed by atoms with Crippen LogP contribution in [0.1, 0.15) is 53.3 Å². The highest BCUT2D eigenvalue weighted by Crippen LogP contribution is 2.34. The average molecular weight is 546 g/mol. The fraction of sp³-hybridized carbons (Fsp3) is 0.480. The number of aromatic nitrogens is 3. The second-order valence-corrected chi connectivity index (χ2v) is 12.1. The van der Waals surface area contributed by atoms with Gasteiger partial charge < -0.3 is 15.1 Å². The molecule has 1 amide bonds. The molecule has 2 aromatic heterocycles. The number of rotatable bonds is 6. The molecular weight excluding hydrogens is 514 g/mol. The van der Waals surface area contributed by atoms with Gasteiger partial charge in [-0.15, -0.1) is 0 Å². The first kappa shape index (κ1) is 25.7. The fourth-order valence-electron chi connectivity index (χ4n) is 5.31. The molecular formula is C25H32ClN7O3S. The quantitative estimate of drug-likeness (QED) is 0.489. The summed E-state index contributed by atoms with van der Waals surface area (Å²) in [6.07, 6.45) is 6.70. The summed E-state index contributed by atoms with van der Waals surface area (Å²) in [5.41, 5.74) is 2.99. The molecule has 2 fully saturated rings. The standard InChI is InChI=1S/C25H32ClN7O3S/c1-16-14-33-23(28-24(16)31-11-9-18(15-31)27-2)13-21(29-33)22-6-4-5-10-32(22)25(34)19-12-17(26)7-8-20(19)30-37(3,35)36/h7-8,12-14,18,22,27,30H,4-6,9-11,15H2,1-3H3/t18-,22-/m0/s1. The normalized spacial score (nSPS) is 20.5. The summed E-state index contributed by atoms with van der Waals surface area (Å²) in [6.45, 7) is 4.45. The number of nitrogens with zero attached hydrogens (tertiary/aromatic N) is 5. The molecule has 10 nitrogen and oxygen atoms in total. The summed E-state index contributed by atoms with van der Waals surface area (Å²) in [5, 5.41) is 8.52. The van der Waals surface area contributed by atoms with Crippen LogP contribution in [0.25, 0.3) is 5.65 Å². The van der Waals surface area contributed by atoms with Gasteiger partial charge in [0.25, 0.3) is 5.91 Å². The zero-order chi connectivity index (χ0) is 26.3. The van der Waals surface area contributed by atoms with Gasteiger partial charge in [0, 0.05) is 48.5 Å². The molecule has 0 radical (unpaired) electrons. The topological polar surface area (TPSA) is 112 Å². The molecule has 1 aromatic carbocycles. The Morgan fingerprint density at radius 1 is 1.16 bits per heavy atom. The highest BCUT2D eigenvalue weighted by Gasteiger charge is 2.32. The maximum Gasteiger partial charge on any atom is 0.256 e. The van der Waals surface area contributed by atoms with Gasteiger partial charge in [0.2, 0.25) is 10.0 Å². The Morgan fingerprint density at radius 2 is 1.97 bits per heavy atom. The van der Waals surface area contributed by atoms with E-state index >= 15 is 0 Å². The number of hydrogen-bond acceptors (Lipinski definition) is 7. The molecule has 0 saturated carbocycles. The van der Waals surface area contributed by atoms with Crippen molar-refractivity contribution in [2.24, 2.45) is 0 Å². The van der Waals surface area contributed by atoms with E-state index in [9.17, 15) is 13.2 Å². The summed E-state index contributed by atoms with van der Waals surface area (Å²) in [4.78, 5) is 22.8. The lowest BCUT2D eigenvalue weighted by molar-refractivity contribution is 0.0607. The largest absolute Gasteiger partial charge is 0.355 e. The first-order valence-corrected chi connectivity index (χ1v) is 14.8. The zero-order valence-corrected chi connectivity index (χ0v) is 22.8. The fourth-order valence-corrected chi connectivity index (χ4v) is 6.06. The summed E-state index contributed by atoms with van der Waals surface area (Å²) < 4.78 is 28.1. The maximum atomic E-state index is 13.8. The van der Waals surface area contributed by atoms with Gasteiger partial charge in [0.15, 0.2) is 5.65 Å². The molecule has 2 atom stereocenters. The monoisotopic (exact) mass is 545 g/mol. The summed E-state index contributed by atoms with van der Waals surface area (Å²) in [7, 11) is -1.59. The number of likely N-dealkylation sites (tertiary alicyclic amines) is 1. The van der Waals surface area contributed by atoms with Crippen molar-refractivity contribution in [2.45, 2.75) is 44.7 Å². The number of anilines is 2. The van der Waals surface area contributed by atoms with Crippen molar-refractivity contribution in [1.82, 2.24) is 24.8 Å². The Kier molecular flexibility index (Phi) is 7.03. The molecule has 0 unspecified atom stereocenters. The molecule has 0 bridgehead atoms. The molecule has 2 saturated heterocycles. The van der Waals surface area contributed by atoms with Crippen LogP contribution in [0.3, 0.4) is 0 Å². The first-order chi connectivity index (χ1) is 17.6. The van der Waals surface area contributed by atoms with E-state index in [2.05, 4.69) is 14.9 Å². The molecule has 12 heteroatoms.